The van der Waals surface area contributed by atoms with E-state index >= 15 is 0 Å². The van der Waals surface area contributed by atoms with Crippen molar-refractivity contribution in [2.24, 2.45) is 0 Å². The smallest absolute Gasteiger partial charge is 0.768 e. The normalized spacial score (nSPS) is 12.1. The number of carbonyl (C=O) groups excluding carboxylic acids is 3. The zero-order valence-corrected chi connectivity index (χ0v) is 57.3. The number of esters is 2. The third-order valence-corrected chi connectivity index (χ3v) is 20.1. The molecule has 1 unspecified atom stereocenters. The molecule has 33 heteroatoms. The van der Waals surface area contributed by atoms with Crippen LogP contribution in [0.1, 0.15) is 95.8 Å². The molecule has 6 aromatic heterocycles. The van der Waals surface area contributed by atoms with Gasteiger partial charge in [0.2, 0.25) is 5.91 Å². The van der Waals surface area contributed by atoms with E-state index in [1.54, 1.807) is 39.8 Å². The molecule has 85 heavy (non-hydrogen) atoms. The largest absolute Gasteiger partial charge is 1.00 e. The second kappa shape index (κ2) is 34.2. The Balaban J connectivity index is 0.00000103. The van der Waals surface area contributed by atoms with Crippen molar-refractivity contribution >= 4 is 106 Å². The Morgan fingerprint density at radius 2 is 0.953 bits per heavy atom. The predicted molar refractivity (Wildman–Crippen MR) is 313 cm³/mol. The van der Waals surface area contributed by atoms with Crippen LogP contribution in [0.3, 0.4) is 0 Å². The van der Waals surface area contributed by atoms with E-state index in [0.29, 0.717) is 12.4 Å². The molecule has 0 spiro atoms. The van der Waals surface area contributed by atoms with Crippen LogP contribution in [0.2, 0.25) is 0 Å². The van der Waals surface area contributed by atoms with Crippen LogP contribution < -0.4 is 34.9 Å². The van der Waals surface area contributed by atoms with E-state index in [9.17, 15) is 61.6 Å². The first-order valence-electron chi connectivity index (χ1n) is 24.3. The summed E-state index contributed by atoms with van der Waals surface area (Å²) in [4.78, 5) is 64.4. The standard InChI is InChI=1S/C16H21N3O4S.C11H15NO4S.C9H11NO4S.C6H11BrO2.C5H4ClNO2S.C5H5NO2S.Na/c1-15(2,3)12-9-13(19-23-12)18-14(20)16(4,5)24(21,22)11-7-6-8-17-10-11;1-4-16-10(13)11(2,3)17(14,15)9-6-5-7-12-8-9;1-9(2,8(11)12)15(13,14)7-4-3-5-10-6-7;1-4-9-5(8)6(2,3)7;6-10(8,9)5-2-1-3-7-4-5;7-9(8)5-2-1-3-6-4-5;/h6-10H,1-5H3,(H,18,19,20);5-8H,4H2,1-3H3;3-6H,1-2H3,(H,11,12);4H2,1-3H3;1-4H;1-4H,(H,7,8);/q;;;;;;+1/p-1. The second-order valence-electron chi connectivity index (χ2n) is 19.7. The molecule has 0 fully saturated rings. The van der Waals surface area contributed by atoms with Crippen molar-refractivity contribution < 1.29 is 110 Å². The summed E-state index contributed by atoms with van der Waals surface area (Å²) in [6.45, 7) is 21.0. The van der Waals surface area contributed by atoms with Crippen LogP contribution in [-0.4, -0.2) is 133 Å². The molecule has 0 bridgehead atoms. The van der Waals surface area contributed by atoms with E-state index in [1.165, 1.54) is 138 Å². The number of amides is 1. The molecule has 0 aliphatic carbocycles. The quantitative estimate of drug-likeness (QED) is 0.0469. The Bertz CT molecular complexity index is 3590. The molecule has 462 valence electrons. The van der Waals surface area contributed by atoms with E-state index in [-0.39, 0.29) is 77.8 Å². The maximum absolute atomic E-state index is 12.7. The summed E-state index contributed by atoms with van der Waals surface area (Å²) in [6, 6.07) is 16.1. The molecule has 1 atom stereocenters. The first kappa shape index (κ1) is 79.5. The number of sulfone groups is 3. The van der Waals surface area contributed by atoms with E-state index in [2.05, 4.69) is 51.3 Å². The maximum Gasteiger partial charge on any atom is 1.00 e. The van der Waals surface area contributed by atoms with Gasteiger partial charge in [-0.25, -0.2) is 33.7 Å². The Kier molecular flexibility index (Phi) is 32.0. The van der Waals surface area contributed by atoms with Gasteiger partial charge in [0.05, 0.1) is 27.9 Å². The number of ether oxygens (including phenoxy) is 2. The first-order valence-corrected chi connectivity index (χ1v) is 32.9. The summed E-state index contributed by atoms with van der Waals surface area (Å²) in [5, 5.41) is 15.1. The SMILES string of the molecule is CC(C)(C(=O)O)S(=O)(=O)c1cccnc1.CC(C)(C)c1cc(NC(=O)C(C)(C)S(=O)(=O)c2cccnc2)no1.CCOC(=O)C(C)(C)Br.CCOC(=O)C(C)(C)S(=O)(=O)c1cccnc1.O=S(=O)(Cl)c1cccnc1.O=S([O-])c1cccnc1.[Na+]. The number of hydrogen-bond donors (Lipinski definition) is 2. The number of anilines is 1. The number of halogens is 2. The molecule has 0 saturated carbocycles. The number of rotatable bonds is 15. The fraction of sp³-hybridized carbons (Fsp3) is 0.385. The van der Waals surface area contributed by atoms with Gasteiger partial charge >= 0.3 is 47.5 Å². The van der Waals surface area contributed by atoms with Crippen LogP contribution in [0.4, 0.5) is 5.82 Å². The fourth-order valence-electron chi connectivity index (χ4n) is 5.25. The van der Waals surface area contributed by atoms with Crippen molar-refractivity contribution in [2.45, 2.75) is 138 Å². The van der Waals surface area contributed by atoms with Crippen LogP contribution in [0.5, 0.6) is 0 Å². The number of hydrogen-bond acceptors (Lipinski definition) is 23. The Morgan fingerprint density at radius 3 is 1.21 bits per heavy atom. The minimum Gasteiger partial charge on any atom is -0.768 e. The third-order valence-electron chi connectivity index (χ3n) is 10.7. The molecule has 2 N–H and O–H groups in total. The maximum atomic E-state index is 12.7. The Morgan fingerprint density at radius 1 is 0.600 bits per heavy atom. The summed E-state index contributed by atoms with van der Waals surface area (Å²) in [7, 11) is -10.2. The second-order valence-corrected chi connectivity index (χ2v) is 32.6. The van der Waals surface area contributed by atoms with Gasteiger partial charge in [0.15, 0.2) is 44.8 Å². The van der Waals surface area contributed by atoms with Crippen molar-refractivity contribution in [1.29, 1.82) is 0 Å². The molecule has 0 saturated heterocycles. The molecule has 0 aliphatic rings. The average Bonchev–Trinajstić information content (AvgIpc) is 3.38. The fourth-order valence-corrected chi connectivity index (χ4v) is 10.3. The summed E-state index contributed by atoms with van der Waals surface area (Å²) in [5.41, 5.74) is -0.271. The number of alkyl halides is 1. The summed E-state index contributed by atoms with van der Waals surface area (Å²) in [6.07, 6.45) is 13.4. The molecule has 25 nitrogen and oxygen atoms in total. The van der Waals surface area contributed by atoms with Crippen molar-refractivity contribution in [3.8, 4) is 0 Å². The van der Waals surface area contributed by atoms with Crippen LogP contribution >= 0.6 is 26.6 Å². The van der Waals surface area contributed by atoms with Gasteiger partial charge in [0.25, 0.3) is 9.05 Å². The van der Waals surface area contributed by atoms with Crippen molar-refractivity contribution in [3.05, 3.63) is 134 Å². The monoisotopic (exact) mass is 1370 g/mol. The first-order chi connectivity index (χ1) is 38.5. The van der Waals surface area contributed by atoms with Crippen molar-refractivity contribution in [2.75, 3.05) is 18.5 Å². The third kappa shape index (κ3) is 24.0. The summed E-state index contributed by atoms with van der Waals surface area (Å²) >= 11 is 1.03. The zero-order valence-electron chi connectivity index (χ0n) is 48.9. The average molecular weight is 1380 g/mol. The number of pyridine rings is 5. The van der Waals surface area contributed by atoms with E-state index in [1.807, 2.05) is 20.8 Å². The molecule has 6 rings (SSSR count). The van der Waals surface area contributed by atoms with Gasteiger partial charge in [-0.1, -0.05) is 41.9 Å². The van der Waals surface area contributed by atoms with Gasteiger partial charge in [-0.2, -0.15) is 0 Å². The Labute approximate surface area is 533 Å². The van der Waals surface area contributed by atoms with Gasteiger partial charge < -0.3 is 29.0 Å². The van der Waals surface area contributed by atoms with Gasteiger partial charge in [-0.05, 0) is 141 Å². The molecule has 0 aliphatic heterocycles. The number of carboxylic acid groups (broad SMARTS) is 1. The van der Waals surface area contributed by atoms with Crippen LogP contribution in [0.15, 0.2) is 158 Å². The van der Waals surface area contributed by atoms with Crippen LogP contribution in [0.25, 0.3) is 0 Å². The molecule has 0 aromatic carbocycles. The van der Waals surface area contributed by atoms with Crippen molar-refractivity contribution in [1.82, 2.24) is 30.1 Å². The zero-order chi connectivity index (χ0) is 64.8. The summed E-state index contributed by atoms with van der Waals surface area (Å²) in [5.74, 6) is -2.29. The molecular formula is C52H66BrClN7NaO18S5. The van der Waals surface area contributed by atoms with Crippen molar-refractivity contribution in [3.63, 3.8) is 0 Å². The Hall–Kier alpha value is -5.48. The minimum absolute atomic E-state index is 0. The predicted octanol–water partition coefficient (Wildman–Crippen LogP) is 4.53. The molecule has 6 heterocycles. The number of carboxylic acids is 1. The van der Waals surface area contributed by atoms with E-state index in [4.69, 9.17) is 29.8 Å². The number of carbonyl (C=O) groups is 4. The minimum atomic E-state index is -3.91. The molecule has 1 amide bonds. The van der Waals surface area contributed by atoms with E-state index in [0.717, 1.165) is 20.0 Å². The van der Waals surface area contributed by atoms with Crippen LogP contribution in [0, 0.1) is 0 Å². The van der Waals surface area contributed by atoms with Gasteiger partial charge in [0, 0.05) is 89.0 Å². The van der Waals surface area contributed by atoms with Gasteiger partial charge in [0.1, 0.15) is 19.7 Å². The molecule has 0 radical (unpaired) electrons. The number of nitrogens with one attached hydrogen (secondary N) is 1. The summed E-state index contributed by atoms with van der Waals surface area (Å²) < 4.78 is 124. The van der Waals surface area contributed by atoms with E-state index < -0.39 is 86.1 Å². The van der Waals surface area contributed by atoms with Gasteiger partial charge in [-0.3, -0.25) is 48.3 Å². The molecule has 6 aromatic rings. The van der Waals surface area contributed by atoms with Crippen LogP contribution in [-0.2, 0) is 83.7 Å². The number of nitrogens with zero attached hydrogens (tertiary/aromatic N) is 6. The van der Waals surface area contributed by atoms with Gasteiger partial charge in [-0.15, -0.1) is 0 Å². The topological polar surface area (TPSA) is 386 Å². The molecular weight excluding hydrogens is 1310 g/mol. The number of aromatic nitrogens is 6. The number of aliphatic carboxylic acids is 1.